The summed E-state index contributed by atoms with van der Waals surface area (Å²) in [6.45, 7) is 2.28. The quantitative estimate of drug-likeness (QED) is 0.114. The van der Waals surface area contributed by atoms with Crippen molar-refractivity contribution < 1.29 is 4.42 Å². The topological polar surface area (TPSA) is 54.5 Å². The van der Waals surface area contributed by atoms with Crippen molar-refractivity contribution in [3.8, 4) is 0 Å². The first-order chi connectivity index (χ1) is 15.2. The molecular weight excluding hydrogens is 384 g/mol. The van der Waals surface area contributed by atoms with Crippen LogP contribution in [0.25, 0.3) is 11.2 Å². The summed E-state index contributed by atoms with van der Waals surface area (Å²) in [4.78, 5) is 8.77. The van der Waals surface area contributed by atoms with Gasteiger partial charge in [0.1, 0.15) is 5.71 Å². The first kappa shape index (κ1) is 25.1. The van der Waals surface area contributed by atoms with E-state index in [0.29, 0.717) is 17.1 Å². The van der Waals surface area contributed by atoms with Gasteiger partial charge in [-0.1, -0.05) is 70.4 Å². The van der Waals surface area contributed by atoms with Crippen molar-refractivity contribution in [1.82, 2.24) is 15.0 Å². The molecule has 0 aliphatic heterocycles. The molecule has 0 amide bonds. The van der Waals surface area contributed by atoms with Crippen molar-refractivity contribution >= 4 is 16.9 Å². The number of hydrogen-bond acceptors (Lipinski definition) is 5. The zero-order valence-corrected chi connectivity index (χ0v) is 20.0. The fraction of sp³-hybridized carbons (Fsp3) is 0.654. The monoisotopic (exact) mass is 426 g/mol. The zero-order chi connectivity index (χ0) is 22.2. The minimum atomic E-state index is 0.595. The molecule has 0 atom stereocenters. The molecule has 0 aliphatic rings. The average Bonchev–Trinajstić information content (AvgIpc) is 3.19. The molecule has 5 nitrogen and oxygen atoms in total. The van der Waals surface area contributed by atoms with Crippen LogP contribution < -0.4 is 0 Å². The first-order valence-electron chi connectivity index (χ1n) is 12.3. The molecule has 2 heterocycles. The van der Waals surface area contributed by atoms with Gasteiger partial charge in [-0.2, -0.15) is 10.1 Å². The summed E-state index contributed by atoms with van der Waals surface area (Å²) >= 11 is 0. The molecule has 0 aliphatic carbocycles. The van der Waals surface area contributed by atoms with Crippen LogP contribution in [0.15, 0.2) is 40.0 Å². The normalized spacial score (nSPS) is 12.3. The lowest BCUT2D eigenvalue weighted by Gasteiger charge is -2.08. The van der Waals surface area contributed by atoms with Crippen molar-refractivity contribution in [1.29, 1.82) is 0 Å². The summed E-state index contributed by atoms with van der Waals surface area (Å²) in [5.74, 6) is 0.595. The Hall–Kier alpha value is -2.17. The molecule has 0 saturated heterocycles. The fourth-order valence-electron chi connectivity index (χ4n) is 3.70. The highest BCUT2D eigenvalue weighted by Gasteiger charge is 2.13. The number of hydrazone groups is 1. The molecular formula is C26H42N4O. The Balaban J connectivity index is 1.56. The number of pyridine rings is 1. The molecule has 0 bridgehead atoms. The van der Waals surface area contributed by atoms with E-state index in [1.54, 1.807) is 6.20 Å². The summed E-state index contributed by atoms with van der Waals surface area (Å²) in [6.07, 6.45) is 24.3. The maximum Gasteiger partial charge on any atom is 0.245 e. The van der Waals surface area contributed by atoms with Crippen LogP contribution in [0.5, 0.6) is 0 Å². The molecule has 2 aromatic heterocycles. The van der Waals surface area contributed by atoms with E-state index in [2.05, 4.69) is 34.1 Å². The van der Waals surface area contributed by atoms with Gasteiger partial charge in [0.15, 0.2) is 11.2 Å². The number of hydrogen-bond donors (Lipinski definition) is 0. The number of fused-ring (bicyclic) bond motifs is 1. The Kier molecular flexibility index (Phi) is 12.6. The second-order valence-corrected chi connectivity index (χ2v) is 8.57. The molecule has 0 radical (unpaired) electrons. The minimum absolute atomic E-state index is 0.595. The molecule has 0 saturated carbocycles. The van der Waals surface area contributed by atoms with Crippen molar-refractivity contribution in [2.24, 2.45) is 5.10 Å². The molecule has 31 heavy (non-hydrogen) atoms. The van der Waals surface area contributed by atoms with E-state index in [9.17, 15) is 0 Å². The smallest absolute Gasteiger partial charge is 0.245 e. The number of allylic oxidation sites excluding steroid dienone is 2. The molecule has 0 aromatic carbocycles. The van der Waals surface area contributed by atoms with Gasteiger partial charge in [-0.3, -0.25) is 0 Å². The van der Waals surface area contributed by atoms with E-state index in [1.165, 1.54) is 77.0 Å². The fourth-order valence-corrected chi connectivity index (χ4v) is 3.70. The summed E-state index contributed by atoms with van der Waals surface area (Å²) in [5.41, 5.74) is 2.27. The van der Waals surface area contributed by atoms with Crippen molar-refractivity contribution in [3.05, 3.63) is 36.4 Å². The van der Waals surface area contributed by atoms with E-state index in [4.69, 9.17) is 4.42 Å². The van der Waals surface area contributed by atoms with E-state index in [1.807, 2.05) is 31.2 Å². The van der Waals surface area contributed by atoms with Gasteiger partial charge < -0.3 is 9.43 Å². The molecule has 0 spiro atoms. The summed E-state index contributed by atoms with van der Waals surface area (Å²) in [6, 6.07) is 3.76. The largest absolute Gasteiger partial charge is 0.433 e. The maximum absolute atomic E-state index is 5.87. The van der Waals surface area contributed by atoms with E-state index >= 15 is 0 Å². The summed E-state index contributed by atoms with van der Waals surface area (Å²) in [5, 5.41) is 6.42. The Morgan fingerprint density at radius 2 is 1.58 bits per heavy atom. The third kappa shape index (κ3) is 10.6. The lowest BCUT2D eigenvalue weighted by molar-refractivity contribution is 0.432. The molecule has 172 valence electrons. The van der Waals surface area contributed by atoms with Gasteiger partial charge in [0.05, 0.1) is 0 Å². The van der Waals surface area contributed by atoms with Crippen molar-refractivity contribution in [3.63, 3.8) is 0 Å². The highest BCUT2D eigenvalue weighted by molar-refractivity contribution is 5.97. The Bertz CT molecular complexity index is 746. The average molecular weight is 427 g/mol. The van der Waals surface area contributed by atoms with Crippen LogP contribution >= 0.6 is 0 Å². The first-order valence-corrected chi connectivity index (χ1v) is 12.3. The third-order valence-electron chi connectivity index (χ3n) is 5.41. The van der Waals surface area contributed by atoms with Crippen LogP contribution in [0, 0.1) is 0 Å². The van der Waals surface area contributed by atoms with Gasteiger partial charge >= 0.3 is 0 Å². The Morgan fingerprint density at radius 3 is 2.23 bits per heavy atom. The minimum Gasteiger partial charge on any atom is -0.433 e. The third-order valence-corrected chi connectivity index (χ3v) is 5.41. The van der Waals surface area contributed by atoms with Gasteiger partial charge in [0.25, 0.3) is 0 Å². The predicted molar refractivity (Wildman–Crippen MR) is 131 cm³/mol. The van der Waals surface area contributed by atoms with Gasteiger partial charge in [-0.05, 0) is 50.7 Å². The maximum atomic E-state index is 5.87. The SMILES string of the molecule is CCCCCCCC/C=C\CCCCCCC/C(=N/N(C)C)c1nc2ncccc2o1. The highest BCUT2D eigenvalue weighted by atomic mass is 16.3. The molecule has 2 rings (SSSR count). The van der Waals surface area contributed by atoms with Gasteiger partial charge in [-0.25, -0.2) is 4.98 Å². The van der Waals surface area contributed by atoms with Crippen LogP contribution in [-0.2, 0) is 0 Å². The standard InChI is InChI=1S/C26H42N4O/c1-4-5-6-7-8-9-10-11-12-13-14-15-16-17-18-20-23(29-30(2)3)26-28-25-24(31-26)21-19-22-27-25/h11-12,19,21-22H,4-10,13-18,20H2,1-3H3/b12-11-,29-23-. The molecule has 0 fully saturated rings. The second-order valence-electron chi connectivity index (χ2n) is 8.57. The number of oxazole rings is 1. The highest BCUT2D eigenvalue weighted by Crippen LogP contribution is 2.17. The number of rotatable bonds is 17. The Morgan fingerprint density at radius 1 is 0.935 bits per heavy atom. The Labute approximate surface area is 189 Å². The van der Waals surface area contributed by atoms with Crippen molar-refractivity contribution in [2.45, 2.75) is 96.8 Å². The lowest BCUT2D eigenvalue weighted by Crippen LogP contribution is -2.10. The second kappa shape index (κ2) is 15.6. The van der Waals surface area contributed by atoms with E-state index < -0.39 is 0 Å². The molecule has 5 heteroatoms. The van der Waals surface area contributed by atoms with Crippen LogP contribution in [0.3, 0.4) is 0 Å². The van der Waals surface area contributed by atoms with E-state index in [0.717, 1.165) is 18.6 Å². The molecule has 0 unspecified atom stereocenters. The summed E-state index contributed by atoms with van der Waals surface area (Å²) in [7, 11) is 3.86. The number of unbranched alkanes of at least 4 members (excludes halogenated alkanes) is 11. The van der Waals surface area contributed by atoms with E-state index in [-0.39, 0.29) is 0 Å². The van der Waals surface area contributed by atoms with Gasteiger partial charge in [0.2, 0.25) is 5.89 Å². The number of aromatic nitrogens is 2. The van der Waals surface area contributed by atoms with Crippen LogP contribution in [-0.4, -0.2) is 34.8 Å². The van der Waals surface area contributed by atoms with Gasteiger partial charge in [0, 0.05) is 20.3 Å². The van der Waals surface area contributed by atoms with Gasteiger partial charge in [-0.15, -0.1) is 0 Å². The summed E-state index contributed by atoms with van der Waals surface area (Å²) < 4.78 is 5.87. The molecule has 2 aromatic rings. The van der Waals surface area contributed by atoms with Crippen LogP contribution in [0.1, 0.15) is 103 Å². The van der Waals surface area contributed by atoms with Crippen LogP contribution in [0.2, 0.25) is 0 Å². The zero-order valence-electron chi connectivity index (χ0n) is 20.0. The van der Waals surface area contributed by atoms with Crippen LogP contribution in [0.4, 0.5) is 0 Å². The van der Waals surface area contributed by atoms with Crippen molar-refractivity contribution in [2.75, 3.05) is 14.1 Å². The molecule has 0 N–H and O–H groups in total. The lowest BCUT2D eigenvalue weighted by atomic mass is 10.1. The number of nitrogens with zero attached hydrogens (tertiary/aromatic N) is 4. The predicted octanol–water partition coefficient (Wildman–Crippen LogP) is 7.53.